The number of alkyl halides is 3. The van der Waals surface area contributed by atoms with Crippen LogP contribution in [0.3, 0.4) is 0 Å². The van der Waals surface area contributed by atoms with Gasteiger partial charge in [-0.15, -0.1) is 0 Å². The van der Waals surface area contributed by atoms with Gasteiger partial charge in [-0.3, -0.25) is 9.36 Å². The number of carbonyl (C=O) groups is 1. The van der Waals surface area contributed by atoms with Crippen molar-refractivity contribution in [1.82, 2.24) is 9.13 Å². The molecule has 0 aliphatic rings. The summed E-state index contributed by atoms with van der Waals surface area (Å²) in [5.41, 5.74) is -3.72. The van der Waals surface area contributed by atoms with Crippen LogP contribution in [-0.4, -0.2) is 20.2 Å². The average molecular weight is 469 g/mol. The minimum absolute atomic E-state index is 0.0777. The highest BCUT2D eigenvalue weighted by atomic mass is 79.9. The van der Waals surface area contributed by atoms with Crippen molar-refractivity contribution in [2.45, 2.75) is 12.7 Å². The number of halogens is 4. The van der Waals surface area contributed by atoms with Gasteiger partial charge in [-0.05, 0) is 35.9 Å². The summed E-state index contributed by atoms with van der Waals surface area (Å²) in [5.74, 6) is -1.60. The van der Waals surface area contributed by atoms with E-state index in [-0.39, 0.29) is 12.2 Å². The summed E-state index contributed by atoms with van der Waals surface area (Å²) < 4.78 is 41.2. The van der Waals surface area contributed by atoms with Crippen LogP contribution in [0.25, 0.3) is 5.69 Å². The van der Waals surface area contributed by atoms with Crippen LogP contribution in [0, 0.1) is 0 Å². The van der Waals surface area contributed by atoms with Crippen molar-refractivity contribution in [3.63, 3.8) is 0 Å². The Bertz CT molecular complexity index is 1200. The first-order valence-electron chi connectivity index (χ1n) is 8.10. The van der Waals surface area contributed by atoms with Crippen LogP contribution in [-0.2, 0) is 12.7 Å². The zero-order chi connectivity index (χ0) is 21.3. The fourth-order valence-electron chi connectivity index (χ4n) is 2.70. The lowest BCUT2D eigenvalue weighted by molar-refractivity contribution is -0.137. The molecule has 3 aromatic rings. The van der Waals surface area contributed by atoms with Crippen LogP contribution in [0.15, 0.2) is 68.8 Å². The molecule has 0 atom stereocenters. The molecule has 1 heterocycles. The van der Waals surface area contributed by atoms with E-state index in [1.54, 1.807) is 24.3 Å². The van der Waals surface area contributed by atoms with E-state index in [2.05, 4.69) is 15.9 Å². The Morgan fingerprint density at radius 3 is 2.31 bits per heavy atom. The second-order valence-corrected chi connectivity index (χ2v) is 6.99. The van der Waals surface area contributed by atoms with Crippen LogP contribution in [0.5, 0.6) is 0 Å². The van der Waals surface area contributed by atoms with E-state index in [1.807, 2.05) is 0 Å². The van der Waals surface area contributed by atoms with Crippen LogP contribution < -0.4 is 11.2 Å². The number of aromatic carboxylic acids is 1. The number of aromatic nitrogens is 2. The molecule has 0 amide bonds. The van der Waals surface area contributed by atoms with Crippen molar-refractivity contribution in [3.8, 4) is 5.69 Å². The molecule has 0 spiro atoms. The Labute approximate surface area is 169 Å². The van der Waals surface area contributed by atoms with E-state index in [1.165, 1.54) is 0 Å². The number of carboxylic acids is 1. The summed E-state index contributed by atoms with van der Waals surface area (Å²) in [7, 11) is 0. The molecule has 6 nitrogen and oxygen atoms in total. The summed E-state index contributed by atoms with van der Waals surface area (Å²) in [5, 5.41) is 9.32. The van der Waals surface area contributed by atoms with Gasteiger partial charge in [0.05, 0.1) is 17.8 Å². The maximum absolute atomic E-state index is 13.0. The van der Waals surface area contributed by atoms with Crippen LogP contribution >= 0.6 is 15.9 Å². The van der Waals surface area contributed by atoms with Gasteiger partial charge >= 0.3 is 17.8 Å². The van der Waals surface area contributed by atoms with Gasteiger partial charge < -0.3 is 5.11 Å². The molecule has 0 aliphatic heterocycles. The summed E-state index contributed by atoms with van der Waals surface area (Å²) in [6, 6.07) is 10.4. The Kier molecular flexibility index (Phi) is 5.47. The average Bonchev–Trinajstić information content (AvgIpc) is 2.65. The van der Waals surface area contributed by atoms with Gasteiger partial charge in [-0.25, -0.2) is 14.2 Å². The third-order valence-corrected chi connectivity index (χ3v) is 4.61. The van der Waals surface area contributed by atoms with Crippen LogP contribution in [0.4, 0.5) is 13.2 Å². The fraction of sp³-hybridized carbons (Fsp3) is 0.105. The first-order chi connectivity index (χ1) is 13.6. The van der Waals surface area contributed by atoms with Crippen molar-refractivity contribution in [3.05, 3.63) is 96.7 Å². The van der Waals surface area contributed by atoms with Crippen LogP contribution in [0.2, 0.25) is 0 Å². The van der Waals surface area contributed by atoms with Crippen LogP contribution in [0.1, 0.15) is 21.5 Å². The molecule has 0 fully saturated rings. The molecular formula is C19H12BrF3N2O4. The lowest BCUT2D eigenvalue weighted by atomic mass is 10.2. The second-order valence-electron chi connectivity index (χ2n) is 6.07. The van der Waals surface area contributed by atoms with E-state index in [9.17, 15) is 32.7 Å². The monoisotopic (exact) mass is 468 g/mol. The second kappa shape index (κ2) is 7.70. The molecule has 10 heteroatoms. The summed E-state index contributed by atoms with van der Waals surface area (Å²) in [4.78, 5) is 36.8. The first-order valence-corrected chi connectivity index (χ1v) is 8.89. The number of carboxylic acid groups (broad SMARTS) is 1. The topological polar surface area (TPSA) is 81.3 Å². The zero-order valence-electron chi connectivity index (χ0n) is 14.5. The SMILES string of the molecule is O=C(O)c1cn(Cc2ccc(Br)cc2)c(=O)n(-c2cccc(C(F)(F)F)c2)c1=O. The quantitative estimate of drug-likeness (QED) is 0.634. The predicted molar refractivity (Wildman–Crippen MR) is 102 cm³/mol. The first kappa shape index (κ1) is 20.6. The van der Waals surface area contributed by atoms with E-state index < -0.39 is 34.5 Å². The van der Waals surface area contributed by atoms with E-state index in [0.29, 0.717) is 16.2 Å². The lowest BCUT2D eigenvalue weighted by Gasteiger charge is -2.13. The molecule has 29 heavy (non-hydrogen) atoms. The Morgan fingerprint density at radius 2 is 1.72 bits per heavy atom. The molecule has 0 bridgehead atoms. The van der Waals surface area contributed by atoms with Gasteiger partial charge in [0.1, 0.15) is 5.56 Å². The largest absolute Gasteiger partial charge is 0.477 e. The normalized spacial score (nSPS) is 11.4. The molecule has 3 rings (SSSR count). The molecule has 150 valence electrons. The van der Waals surface area contributed by atoms with Gasteiger partial charge in [-0.2, -0.15) is 13.2 Å². The van der Waals surface area contributed by atoms with Gasteiger partial charge in [0.2, 0.25) is 0 Å². The van der Waals surface area contributed by atoms with Gasteiger partial charge in [0.15, 0.2) is 0 Å². The maximum atomic E-state index is 13.0. The Morgan fingerprint density at radius 1 is 1.07 bits per heavy atom. The third-order valence-electron chi connectivity index (χ3n) is 4.08. The molecule has 1 aromatic heterocycles. The number of hydrogen-bond donors (Lipinski definition) is 1. The highest BCUT2D eigenvalue weighted by molar-refractivity contribution is 9.10. The molecule has 0 unspecified atom stereocenters. The van der Waals surface area contributed by atoms with Crippen molar-refractivity contribution < 1.29 is 23.1 Å². The van der Waals surface area contributed by atoms with Gasteiger partial charge in [0.25, 0.3) is 5.56 Å². The van der Waals surface area contributed by atoms with Crippen molar-refractivity contribution in [1.29, 1.82) is 0 Å². The van der Waals surface area contributed by atoms with Crippen molar-refractivity contribution in [2.24, 2.45) is 0 Å². The smallest absolute Gasteiger partial charge is 0.416 e. The molecule has 0 saturated carbocycles. The van der Waals surface area contributed by atoms with E-state index >= 15 is 0 Å². The Hall–Kier alpha value is -3.14. The summed E-state index contributed by atoms with van der Waals surface area (Å²) in [6.07, 6.45) is -3.81. The molecule has 0 saturated heterocycles. The van der Waals surface area contributed by atoms with Gasteiger partial charge in [-0.1, -0.05) is 34.1 Å². The molecule has 1 N–H and O–H groups in total. The zero-order valence-corrected chi connectivity index (χ0v) is 16.1. The van der Waals surface area contributed by atoms with Gasteiger partial charge in [0, 0.05) is 10.7 Å². The molecule has 0 radical (unpaired) electrons. The predicted octanol–water partition coefficient (Wildman–Crippen LogP) is 3.53. The number of rotatable bonds is 4. The summed E-state index contributed by atoms with van der Waals surface area (Å²) >= 11 is 3.27. The molecule has 2 aromatic carbocycles. The minimum Gasteiger partial charge on any atom is -0.477 e. The summed E-state index contributed by atoms with van der Waals surface area (Å²) in [6.45, 7) is -0.0777. The highest BCUT2D eigenvalue weighted by Gasteiger charge is 2.31. The minimum atomic E-state index is -4.69. The molecular weight excluding hydrogens is 457 g/mol. The maximum Gasteiger partial charge on any atom is 0.416 e. The fourth-order valence-corrected chi connectivity index (χ4v) is 2.96. The Balaban J connectivity index is 2.23. The standard InChI is InChI=1S/C19H12BrF3N2O4/c20-13-6-4-11(5-7-13)9-24-10-15(17(27)28)16(26)25(18(24)29)14-3-1-2-12(8-14)19(21,22)23/h1-8,10H,9H2,(H,27,28). The third kappa shape index (κ3) is 4.32. The number of hydrogen-bond acceptors (Lipinski definition) is 3. The van der Waals surface area contributed by atoms with Crippen molar-refractivity contribution >= 4 is 21.9 Å². The highest BCUT2D eigenvalue weighted by Crippen LogP contribution is 2.29. The lowest BCUT2D eigenvalue weighted by Crippen LogP contribution is -2.41. The van der Waals surface area contributed by atoms with E-state index in [4.69, 9.17) is 0 Å². The van der Waals surface area contributed by atoms with Crippen molar-refractivity contribution in [2.75, 3.05) is 0 Å². The number of nitrogens with zero attached hydrogens (tertiary/aromatic N) is 2. The molecule has 0 aliphatic carbocycles. The number of benzene rings is 2. The van der Waals surface area contributed by atoms with E-state index in [0.717, 1.165) is 33.4 Å².